The summed E-state index contributed by atoms with van der Waals surface area (Å²) in [5, 5.41) is 3.08. The lowest BCUT2D eigenvalue weighted by atomic mass is 10.2. The Hall–Kier alpha value is -2.10. The molecule has 1 aromatic heterocycles. The smallest absolute Gasteiger partial charge is 0.226 e. The van der Waals surface area contributed by atoms with Gasteiger partial charge < -0.3 is 10.1 Å². The molecule has 2 rings (SSSR count). The van der Waals surface area contributed by atoms with E-state index in [0.29, 0.717) is 18.4 Å². The van der Waals surface area contributed by atoms with Gasteiger partial charge in [0.2, 0.25) is 11.8 Å². The van der Waals surface area contributed by atoms with Gasteiger partial charge in [-0.2, -0.15) is 4.98 Å². The van der Waals surface area contributed by atoms with Gasteiger partial charge in [0.25, 0.3) is 0 Å². The second kappa shape index (κ2) is 6.00. The molecular formula is C14H17N3O. The lowest BCUT2D eigenvalue weighted by Gasteiger charge is -2.08. The maximum Gasteiger partial charge on any atom is 0.226 e. The number of nitrogens with one attached hydrogen (secondary N) is 1. The Kier molecular flexibility index (Phi) is 4.12. The first-order chi connectivity index (χ1) is 8.78. The Balaban J connectivity index is 2.05. The van der Waals surface area contributed by atoms with Gasteiger partial charge in [-0.05, 0) is 19.4 Å². The van der Waals surface area contributed by atoms with Gasteiger partial charge in [0.05, 0.1) is 0 Å². The van der Waals surface area contributed by atoms with Crippen LogP contribution in [0.15, 0.2) is 36.4 Å². The van der Waals surface area contributed by atoms with Gasteiger partial charge in [0.15, 0.2) is 0 Å². The summed E-state index contributed by atoms with van der Waals surface area (Å²) in [5.41, 5.74) is 2.02. The van der Waals surface area contributed by atoms with Gasteiger partial charge in [0.1, 0.15) is 6.61 Å². The Morgan fingerprint density at radius 3 is 2.67 bits per heavy atom. The molecule has 0 saturated carbocycles. The number of aromatic nitrogens is 2. The van der Waals surface area contributed by atoms with E-state index in [1.165, 1.54) is 0 Å². The third-order valence-electron chi connectivity index (χ3n) is 2.40. The summed E-state index contributed by atoms with van der Waals surface area (Å²) < 4.78 is 5.67. The molecule has 1 N–H and O–H groups in total. The van der Waals surface area contributed by atoms with Crippen molar-refractivity contribution in [2.45, 2.75) is 20.5 Å². The molecule has 2 aromatic rings. The first-order valence-electron chi connectivity index (χ1n) is 6.04. The van der Waals surface area contributed by atoms with Gasteiger partial charge in [-0.25, -0.2) is 4.98 Å². The van der Waals surface area contributed by atoms with Crippen LogP contribution in [0.5, 0.6) is 5.88 Å². The summed E-state index contributed by atoms with van der Waals surface area (Å²) in [5.74, 6) is 1.21. The molecule has 0 saturated heterocycles. The molecule has 1 heterocycles. The number of hydrogen-bond acceptors (Lipinski definition) is 4. The summed E-state index contributed by atoms with van der Waals surface area (Å²) in [4.78, 5) is 8.57. The fraction of sp³-hybridized carbons (Fsp3) is 0.286. The van der Waals surface area contributed by atoms with Crippen LogP contribution in [0, 0.1) is 6.92 Å². The van der Waals surface area contributed by atoms with Gasteiger partial charge >= 0.3 is 0 Å². The van der Waals surface area contributed by atoms with E-state index < -0.39 is 0 Å². The molecule has 0 fully saturated rings. The van der Waals surface area contributed by atoms with Gasteiger partial charge in [-0.3, -0.25) is 0 Å². The van der Waals surface area contributed by atoms with Crippen molar-refractivity contribution in [1.82, 2.24) is 9.97 Å². The molecule has 0 aliphatic carbocycles. The number of anilines is 1. The van der Waals surface area contributed by atoms with Crippen LogP contribution in [0.3, 0.4) is 0 Å². The molecular weight excluding hydrogens is 226 g/mol. The lowest BCUT2D eigenvalue weighted by Crippen LogP contribution is -2.05. The van der Waals surface area contributed by atoms with Crippen LogP contribution in [0.1, 0.15) is 18.2 Å². The van der Waals surface area contributed by atoms with Crippen LogP contribution in [0.25, 0.3) is 0 Å². The van der Waals surface area contributed by atoms with E-state index in [1.54, 1.807) is 0 Å². The quantitative estimate of drug-likeness (QED) is 0.877. The highest BCUT2D eigenvalue weighted by molar-refractivity contribution is 5.30. The Bertz CT molecular complexity index is 500. The number of rotatable bonds is 5. The highest BCUT2D eigenvalue weighted by Crippen LogP contribution is 2.13. The zero-order valence-corrected chi connectivity index (χ0v) is 10.7. The maximum absolute atomic E-state index is 5.67. The third kappa shape index (κ3) is 3.45. The van der Waals surface area contributed by atoms with Crippen LogP contribution < -0.4 is 10.1 Å². The highest BCUT2D eigenvalue weighted by Gasteiger charge is 2.02. The fourth-order valence-electron chi connectivity index (χ4n) is 1.58. The Morgan fingerprint density at radius 1 is 1.17 bits per heavy atom. The van der Waals surface area contributed by atoms with Crippen molar-refractivity contribution < 1.29 is 4.74 Å². The molecule has 0 aliphatic rings. The molecule has 0 aliphatic heterocycles. The van der Waals surface area contributed by atoms with Gasteiger partial charge in [-0.15, -0.1) is 0 Å². The molecule has 18 heavy (non-hydrogen) atoms. The third-order valence-corrected chi connectivity index (χ3v) is 2.40. The Labute approximate surface area is 107 Å². The maximum atomic E-state index is 5.67. The number of nitrogens with zero attached hydrogens (tertiary/aromatic N) is 2. The number of hydrogen-bond donors (Lipinski definition) is 1. The van der Waals surface area contributed by atoms with E-state index in [2.05, 4.69) is 15.3 Å². The standard InChI is InChI=1S/C14H17N3O/c1-3-15-14-16-11(2)9-13(17-14)18-10-12-7-5-4-6-8-12/h4-9H,3,10H2,1-2H3,(H,15,16,17). The van der Waals surface area contributed by atoms with E-state index in [4.69, 9.17) is 4.74 Å². The minimum atomic E-state index is 0.517. The Morgan fingerprint density at radius 2 is 1.94 bits per heavy atom. The molecule has 4 heteroatoms. The molecule has 0 amide bonds. The van der Waals surface area contributed by atoms with Crippen LogP contribution in [0.2, 0.25) is 0 Å². The average molecular weight is 243 g/mol. The molecule has 94 valence electrons. The van der Waals surface area contributed by atoms with Crippen molar-refractivity contribution in [1.29, 1.82) is 0 Å². The minimum absolute atomic E-state index is 0.517. The topological polar surface area (TPSA) is 47.0 Å². The molecule has 0 bridgehead atoms. The second-order valence-electron chi connectivity index (χ2n) is 3.98. The number of aryl methyl sites for hydroxylation is 1. The van der Waals surface area contributed by atoms with Crippen molar-refractivity contribution >= 4 is 5.95 Å². The zero-order valence-electron chi connectivity index (χ0n) is 10.7. The fourth-order valence-corrected chi connectivity index (χ4v) is 1.58. The average Bonchev–Trinajstić information content (AvgIpc) is 2.37. The second-order valence-corrected chi connectivity index (χ2v) is 3.98. The highest BCUT2D eigenvalue weighted by atomic mass is 16.5. The van der Waals surface area contributed by atoms with E-state index in [1.807, 2.05) is 50.2 Å². The van der Waals surface area contributed by atoms with Crippen molar-refractivity contribution in [3.8, 4) is 5.88 Å². The van der Waals surface area contributed by atoms with Gasteiger partial charge in [0, 0.05) is 18.3 Å². The van der Waals surface area contributed by atoms with E-state index in [9.17, 15) is 0 Å². The zero-order chi connectivity index (χ0) is 12.8. The van der Waals surface area contributed by atoms with Crippen LogP contribution >= 0.6 is 0 Å². The number of ether oxygens (including phenoxy) is 1. The van der Waals surface area contributed by atoms with Crippen LogP contribution in [-0.4, -0.2) is 16.5 Å². The van der Waals surface area contributed by atoms with Crippen LogP contribution in [0.4, 0.5) is 5.95 Å². The van der Waals surface area contributed by atoms with Crippen molar-refractivity contribution in [3.05, 3.63) is 47.7 Å². The predicted octanol–water partition coefficient (Wildman–Crippen LogP) is 2.80. The van der Waals surface area contributed by atoms with Gasteiger partial charge in [-0.1, -0.05) is 30.3 Å². The first kappa shape index (κ1) is 12.4. The summed E-state index contributed by atoms with van der Waals surface area (Å²) in [6.45, 7) is 5.25. The lowest BCUT2D eigenvalue weighted by molar-refractivity contribution is 0.293. The molecule has 1 aromatic carbocycles. The van der Waals surface area contributed by atoms with Crippen molar-refractivity contribution in [2.75, 3.05) is 11.9 Å². The molecule has 4 nitrogen and oxygen atoms in total. The predicted molar refractivity (Wildman–Crippen MR) is 71.7 cm³/mol. The summed E-state index contributed by atoms with van der Waals surface area (Å²) >= 11 is 0. The first-order valence-corrected chi connectivity index (χ1v) is 6.04. The summed E-state index contributed by atoms with van der Waals surface area (Å²) in [6, 6.07) is 11.9. The summed E-state index contributed by atoms with van der Waals surface area (Å²) in [7, 11) is 0. The van der Waals surface area contributed by atoms with Crippen molar-refractivity contribution in [3.63, 3.8) is 0 Å². The summed E-state index contributed by atoms with van der Waals surface area (Å²) in [6.07, 6.45) is 0. The monoisotopic (exact) mass is 243 g/mol. The minimum Gasteiger partial charge on any atom is -0.473 e. The number of benzene rings is 1. The van der Waals surface area contributed by atoms with E-state index in [-0.39, 0.29) is 0 Å². The molecule has 0 unspecified atom stereocenters. The molecule has 0 radical (unpaired) electrons. The van der Waals surface area contributed by atoms with Crippen molar-refractivity contribution in [2.24, 2.45) is 0 Å². The largest absolute Gasteiger partial charge is 0.473 e. The van der Waals surface area contributed by atoms with E-state index in [0.717, 1.165) is 17.8 Å². The van der Waals surface area contributed by atoms with Crippen LogP contribution in [-0.2, 0) is 6.61 Å². The molecule has 0 spiro atoms. The normalized spacial score (nSPS) is 10.1. The molecule has 0 atom stereocenters. The van der Waals surface area contributed by atoms with E-state index >= 15 is 0 Å². The SMILES string of the molecule is CCNc1nc(C)cc(OCc2ccccc2)n1.